The molecule has 0 aliphatic heterocycles. The van der Waals surface area contributed by atoms with Gasteiger partial charge in [0.2, 0.25) is 0 Å². The first-order valence-corrected chi connectivity index (χ1v) is 11.4. The SMILES string of the molecule is CNc1cc(CSc2cccc3[nH]cc(C(=O)Nc4ccc5ccccc5c4)c23)ccn1. The molecule has 5 aromatic rings. The zero-order valence-electron chi connectivity index (χ0n) is 17.6. The summed E-state index contributed by atoms with van der Waals surface area (Å²) < 4.78 is 0. The summed E-state index contributed by atoms with van der Waals surface area (Å²) in [4.78, 5) is 21.8. The number of H-pyrrole nitrogens is 1. The third-order valence-corrected chi connectivity index (χ3v) is 6.52. The first kappa shape index (κ1) is 20.2. The van der Waals surface area contributed by atoms with E-state index in [1.165, 1.54) is 5.56 Å². The van der Waals surface area contributed by atoms with Gasteiger partial charge >= 0.3 is 0 Å². The number of fused-ring (bicyclic) bond motifs is 2. The Balaban J connectivity index is 1.41. The average molecular weight is 439 g/mol. The number of carbonyl (C=O) groups excluding carboxylic acids is 1. The number of thioether (sulfide) groups is 1. The van der Waals surface area contributed by atoms with E-state index >= 15 is 0 Å². The van der Waals surface area contributed by atoms with Gasteiger partial charge in [0.25, 0.3) is 5.91 Å². The Kier molecular flexibility index (Phi) is 5.52. The Morgan fingerprint density at radius 2 is 1.88 bits per heavy atom. The molecular weight excluding hydrogens is 416 g/mol. The van der Waals surface area contributed by atoms with Crippen molar-refractivity contribution in [2.24, 2.45) is 0 Å². The molecule has 0 fully saturated rings. The Bertz CT molecular complexity index is 1430. The van der Waals surface area contributed by atoms with Crippen LogP contribution in [0.3, 0.4) is 0 Å². The first-order chi connectivity index (χ1) is 15.7. The highest BCUT2D eigenvalue weighted by atomic mass is 32.2. The zero-order valence-corrected chi connectivity index (χ0v) is 18.4. The molecule has 0 radical (unpaired) electrons. The molecule has 0 aliphatic carbocycles. The number of aromatic nitrogens is 2. The molecule has 158 valence electrons. The number of anilines is 2. The largest absolute Gasteiger partial charge is 0.373 e. The molecule has 32 heavy (non-hydrogen) atoms. The Labute approximate surface area is 190 Å². The van der Waals surface area contributed by atoms with Gasteiger partial charge < -0.3 is 15.6 Å². The lowest BCUT2D eigenvalue weighted by atomic mass is 10.1. The molecule has 0 aliphatic rings. The summed E-state index contributed by atoms with van der Waals surface area (Å²) in [5.41, 5.74) is 3.54. The molecule has 3 aromatic carbocycles. The number of hydrogen-bond donors (Lipinski definition) is 3. The highest BCUT2D eigenvalue weighted by molar-refractivity contribution is 7.98. The molecule has 3 N–H and O–H groups in total. The number of amides is 1. The van der Waals surface area contributed by atoms with Crippen molar-refractivity contribution in [3.05, 3.63) is 96.3 Å². The molecule has 0 saturated carbocycles. The minimum atomic E-state index is -0.124. The second-order valence-corrected chi connectivity index (χ2v) is 8.50. The highest BCUT2D eigenvalue weighted by Crippen LogP contribution is 2.33. The van der Waals surface area contributed by atoms with Crippen molar-refractivity contribution in [1.82, 2.24) is 9.97 Å². The Morgan fingerprint density at radius 3 is 2.75 bits per heavy atom. The molecule has 2 aromatic heterocycles. The molecule has 0 bridgehead atoms. The van der Waals surface area contributed by atoms with Crippen LogP contribution in [0, 0.1) is 0 Å². The van der Waals surface area contributed by atoms with Gasteiger partial charge in [0.1, 0.15) is 5.82 Å². The first-order valence-electron chi connectivity index (χ1n) is 10.4. The quantitative estimate of drug-likeness (QED) is 0.272. The number of rotatable bonds is 6. The van der Waals surface area contributed by atoms with Gasteiger partial charge in [-0.15, -0.1) is 11.8 Å². The van der Waals surface area contributed by atoms with E-state index in [4.69, 9.17) is 0 Å². The van der Waals surface area contributed by atoms with Crippen LogP contribution in [0.1, 0.15) is 15.9 Å². The summed E-state index contributed by atoms with van der Waals surface area (Å²) in [6.07, 6.45) is 3.59. The van der Waals surface area contributed by atoms with E-state index in [2.05, 4.69) is 32.7 Å². The predicted molar refractivity (Wildman–Crippen MR) is 134 cm³/mol. The molecule has 5 nitrogen and oxygen atoms in total. The number of nitrogens with one attached hydrogen (secondary N) is 3. The number of nitrogens with zero attached hydrogens (tertiary/aromatic N) is 1. The summed E-state index contributed by atoms with van der Waals surface area (Å²) >= 11 is 1.71. The fraction of sp³-hybridized carbons (Fsp3) is 0.0769. The van der Waals surface area contributed by atoms with Crippen molar-refractivity contribution in [2.75, 3.05) is 17.7 Å². The van der Waals surface area contributed by atoms with Crippen LogP contribution in [-0.4, -0.2) is 22.9 Å². The van der Waals surface area contributed by atoms with Gasteiger partial charge in [-0.1, -0.05) is 36.4 Å². The van der Waals surface area contributed by atoms with Crippen molar-refractivity contribution < 1.29 is 4.79 Å². The topological polar surface area (TPSA) is 69.8 Å². The average Bonchev–Trinajstić information content (AvgIpc) is 3.28. The Hall–Kier alpha value is -3.77. The molecule has 0 saturated heterocycles. The maximum Gasteiger partial charge on any atom is 0.257 e. The van der Waals surface area contributed by atoms with Crippen LogP contribution in [0.4, 0.5) is 11.5 Å². The van der Waals surface area contributed by atoms with Crippen molar-refractivity contribution in [2.45, 2.75) is 10.6 Å². The molecule has 0 spiro atoms. The van der Waals surface area contributed by atoms with Crippen LogP contribution >= 0.6 is 11.8 Å². The molecule has 6 heteroatoms. The molecule has 1 amide bonds. The minimum Gasteiger partial charge on any atom is -0.373 e. The fourth-order valence-corrected chi connectivity index (χ4v) is 4.82. The number of carbonyl (C=O) groups is 1. The molecular formula is C26H22N4OS. The van der Waals surface area contributed by atoms with E-state index in [1.54, 1.807) is 24.2 Å². The lowest BCUT2D eigenvalue weighted by molar-refractivity contribution is 0.102. The van der Waals surface area contributed by atoms with E-state index in [9.17, 15) is 4.79 Å². The smallest absolute Gasteiger partial charge is 0.257 e. The molecule has 0 atom stereocenters. The second-order valence-electron chi connectivity index (χ2n) is 7.49. The van der Waals surface area contributed by atoms with Crippen molar-refractivity contribution in [1.29, 1.82) is 0 Å². The minimum absolute atomic E-state index is 0.124. The molecule has 2 heterocycles. The van der Waals surface area contributed by atoms with Crippen molar-refractivity contribution in [3.63, 3.8) is 0 Å². The van der Waals surface area contributed by atoms with Crippen molar-refractivity contribution >= 4 is 50.8 Å². The maximum atomic E-state index is 13.2. The van der Waals surface area contributed by atoms with Gasteiger partial charge in [0, 0.05) is 46.7 Å². The van der Waals surface area contributed by atoms with Crippen LogP contribution < -0.4 is 10.6 Å². The van der Waals surface area contributed by atoms with E-state index in [0.29, 0.717) is 5.56 Å². The number of pyridine rings is 1. The van der Waals surface area contributed by atoms with Crippen LogP contribution in [0.15, 0.2) is 90.1 Å². The fourth-order valence-electron chi connectivity index (χ4n) is 3.78. The molecule has 0 unspecified atom stereocenters. The normalized spacial score (nSPS) is 11.0. The van der Waals surface area contributed by atoms with Gasteiger partial charge in [0.05, 0.1) is 5.56 Å². The van der Waals surface area contributed by atoms with Crippen LogP contribution in [0.5, 0.6) is 0 Å². The van der Waals surface area contributed by atoms with E-state index in [0.717, 1.165) is 43.8 Å². The maximum absolute atomic E-state index is 13.2. The number of benzene rings is 3. The summed E-state index contributed by atoms with van der Waals surface area (Å²) in [6.45, 7) is 0. The van der Waals surface area contributed by atoms with Gasteiger partial charge in [-0.05, 0) is 52.7 Å². The lowest BCUT2D eigenvalue weighted by Crippen LogP contribution is -2.11. The van der Waals surface area contributed by atoms with Gasteiger partial charge in [-0.2, -0.15) is 0 Å². The number of hydrogen-bond acceptors (Lipinski definition) is 4. The van der Waals surface area contributed by atoms with Gasteiger partial charge in [-0.3, -0.25) is 4.79 Å². The number of aromatic amines is 1. The predicted octanol–water partition coefficient (Wildman–Crippen LogP) is 6.30. The zero-order chi connectivity index (χ0) is 21.9. The van der Waals surface area contributed by atoms with E-state index < -0.39 is 0 Å². The second kappa shape index (κ2) is 8.77. The molecule has 5 rings (SSSR count). The van der Waals surface area contributed by atoms with E-state index in [-0.39, 0.29) is 5.91 Å². The van der Waals surface area contributed by atoms with Crippen LogP contribution in [-0.2, 0) is 5.75 Å². The summed E-state index contributed by atoms with van der Waals surface area (Å²) in [5, 5.41) is 9.32. The monoisotopic (exact) mass is 438 g/mol. The van der Waals surface area contributed by atoms with Crippen LogP contribution in [0.25, 0.3) is 21.7 Å². The Morgan fingerprint density at radius 1 is 1.00 bits per heavy atom. The van der Waals surface area contributed by atoms with Crippen LogP contribution in [0.2, 0.25) is 0 Å². The third kappa shape index (κ3) is 4.05. The lowest BCUT2D eigenvalue weighted by Gasteiger charge is -2.09. The standard InChI is InChI=1S/C26H22N4OS/c1-27-24-13-17(11-12-28-24)16-32-23-8-4-7-22-25(23)21(15-29-22)26(31)30-20-10-9-18-5-2-3-6-19(18)14-20/h2-15,29H,16H2,1H3,(H,27,28)(H,30,31). The third-order valence-electron chi connectivity index (χ3n) is 5.39. The van der Waals surface area contributed by atoms with Gasteiger partial charge in [-0.25, -0.2) is 4.98 Å². The van der Waals surface area contributed by atoms with Gasteiger partial charge in [0.15, 0.2) is 0 Å². The van der Waals surface area contributed by atoms with Crippen molar-refractivity contribution in [3.8, 4) is 0 Å². The van der Waals surface area contributed by atoms with E-state index in [1.807, 2.05) is 67.7 Å². The summed E-state index contributed by atoms with van der Waals surface area (Å²) in [6, 6.07) is 24.2. The highest BCUT2D eigenvalue weighted by Gasteiger charge is 2.16. The summed E-state index contributed by atoms with van der Waals surface area (Å²) in [7, 11) is 1.86. The summed E-state index contributed by atoms with van der Waals surface area (Å²) in [5.74, 6) is 1.51.